The van der Waals surface area contributed by atoms with Crippen LogP contribution in [0.4, 0.5) is 5.95 Å². The summed E-state index contributed by atoms with van der Waals surface area (Å²) in [6.07, 6.45) is 8.41. The van der Waals surface area contributed by atoms with Crippen molar-refractivity contribution in [2.24, 2.45) is 0 Å². The number of fused-ring (bicyclic) bond motifs is 2. The number of hydrogen-bond donors (Lipinski definition) is 1. The van der Waals surface area contributed by atoms with Crippen molar-refractivity contribution in [2.75, 3.05) is 18.4 Å². The summed E-state index contributed by atoms with van der Waals surface area (Å²) in [7, 11) is 0. The number of amides is 2. The summed E-state index contributed by atoms with van der Waals surface area (Å²) in [5.41, 5.74) is 5.37. The number of benzene rings is 2. The van der Waals surface area contributed by atoms with E-state index in [1.807, 2.05) is 35.2 Å². The molecule has 1 saturated carbocycles. The van der Waals surface area contributed by atoms with Gasteiger partial charge in [0.05, 0.1) is 16.9 Å². The van der Waals surface area contributed by atoms with Gasteiger partial charge in [0.25, 0.3) is 5.91 Å². The largest absolute Gasteiger partial charge is 0.351 e. The topological polar surface area (TPSA) is 78.4 Å². The minimum Gasteiger partial charge on any atom is -0.351 e. The molecule has 3 aromatic rings. The van der Waals surface area contributed by atoms with E-state index in [0.29, 0.717) is 47.9 Å². The van der Waals surface area contributed by atoms with Crippen molar-refractivity contribution in [1.82, 2.24) is 19.8 Å². The second kappa shape index (κ2) is 10.1. The lowest BCUT2D eigenvalue weighted by Gasteiger charge is -2.30. The van der Waals surface area contributed by atoms with Gasteiger partial charge in [0.1, 0.15) is 6.54 Å². The van der Waals surface area contributed by atoms with E-state index in [4.69, 9.17) is 16.6 Å². The molecule has 0 radical (unpaired) electrons. The van der Waals surface area contributed by atoms with Crippen LogP contribution in [-0.4, -0.2) is 50.7 Å². The molecule has 2 aromatic carbocycles. The Bertz CT molecular complexity index is 1350. The molecule has 6 rings (SSSR count). The van der Waals surface area contributed by atoms with E-state index in [1.165, 1.54) is 30.4 Å². The van der Waals surface area contributed by atoms with Gasteiger partial charge in [0.2, 0.25) is 11.9 Å². The van der Waals surface area contributed by atoms with Crippen molar-refractivity contribution >= 4 is 29.4 Å². The highest BCUT2D eigenvalue weighted by Crippen LogP contribution is 2.32. The zero-order chi connectivity index (χ0) is 25.4. The third-order valence-corrected chi connectivity index (χ3v) is 8.03. The van der Waals surface area contributed by atoms with Crippen LogP contribution in [0.25, 0.3) is 11.3 Å². The van der Waals surface area contributed by atoms with Crippen LogP contribution in [0.3, 0.4) is 0 Å². The van der Waals surface area contributed by atoms with E-state index in [9.17, 15) is 9.59 Å². The van der Waals surface area contributed by atoms with Gasteiger partial charge in [0.15, 0.2) is 0 Å². The van der Waals surface area contributed by atoms with E-state index in [0.717, 1.165) is 30.4 Å². The number of carbonyl (C=O) groups excluding carboxylic acids is 2. The Hall–Kier alpha value is -3.45. The molecule has 190 valence electrons. The van der Waals surface area contributed by atoms with E-state index in [-0.39, 0.29) is 18.4 Å². The zero-order valence-electron chi connectivity index (χ0n) is 20.8. The van der Waals surface area contributed by atoms with E-state index in [2.05, 4.69) is 22.4 Å². The Kier molecular flexibility index (Phi) is 6.55. The monoisotopic (exact) mass is 515 g/mol. The van der Waals surface area contributed by atoms with Crippen LogP contribution < -0.4 is 5.32 Å². The first-order valence-electron chi connectivity index (χ1n) is 13.1. The van der Waals surface area contributed by atoms with Gasteiger partial charge in [-0.1, -0.05) is 67.3 Å². The van der Waals surface area contributed by atoms with E-state index < -0.39 is 0 Å². The van der Waals surface area contributed by atoms with Gasteiger partial charge in [-0.2, -0.15) is 0 Å². The number of aromatic nitrogens is 2. The first kappa shape index (κ1) is 23.9. The first-order chi connectivity index (χ1) is 18.0. The standard InChI is InChI=1S/C29H30ClN5O2/c30-25-15-31-29(32-23-8-2-1-3-9-23)33-27(25)20-10-11-22-17-35(28(37)24(22)14-20)18-26(36)34-13-12-19-6-4-5-7-21(19)16-34/h4-7,10-11,14-15,23H,1-3,8-9,12-13,16-18H2,(H,31,32,33). The van der Waals surface area contributed by atoms with Gasteiger partial charge in [-0.15, -0.1) is 0 Å². The third kappa shape index (κ3) is 4.92. The predicted octanol–water partition coefficient (Wildman–Crippen LogP) is 5.08. The molecule has 1 aliphatic carbocycles. The Labute approximate surface area is 221 Å². The smallest absolute Gasteiger partial charge is 0.254 e. The maximum Gasteiger partial charge on any atom is 0.254 e. The summed E-state index contributed by atoms with van der Waals surface area (Å²) in [6.45, 7) is 1.78. The number of carbonyl (C=O) groups is 2. The Balaban J connectivity index is 1.16. The highest BCUT2D eigenvalue weighted by Gasteiger charge is 2.31. The molecule has 0 bridgehead atoms. The van der Waals surface area contributed by atoms with Gasteiger partial charge < -0.3 is 15.1 Å². The van der Waals surface area contributed by atoms with Crippen molar-refractivity contribution < 1.29 is 9.59 Å². The molecule has 2 aliphatic heterocycles. The van der Waals surface area contributed by atoms with Crippen molar-refractivity contribution in [1.29, 1.82) is 0 Å². The molecular formula is C29H30ClN5O2. The van der Waals surface area contributed by atoms with Crippen molar-refractivity contribution in [2.45, 2.75) is 57.7 Å². The molecule has 7 nitrogen and oxygen atoms in total. The lowest BCUT2D eigenvalue weighted by molar-refractivity contribution is -0.132. The van der Waals surface area contributed by atoms with Crippen molar-refractivity contribution in [3.63, 3.8) is 0 Å². The number of anilines is 1. The second-order valence-electron chi connectivity index (χ2n) is 10.2. The summed E-state index contributed by atoms with van der Waals surface area (Å²) in [5, 5.41) is 3.89. The maximum atomic E-state index is 13.3. The highest BCUT2D eigenvalue weighted by atomic mass is 35.5. The average Bonchev–Trinajstić information content (AvgIpc) is 3.24. The summed E-state index contributed by atoms with van der Waals surface area (Å²) < 4.78 is 0. The molecular weight excluding hydrogens is 486 g/mol. The van der Waals surface area contributed by atoms with Crippen LogP contribution >= 0.6 is 11.6 Å². The minimum atomic E-state index is -0.131. The summed E-state index contributed by atoms with van der Waals surface area (Å²) in [4.78, 5) is 38.9. The quantitative estimate of drug-likeness (QED) is 0.512. The molecule has 1 aromatic heterocycles. The molecule has 1 fully saturated rings. The number of nitrogens with zero attached hydrogens (tertiary/aromatic N) is 4. The molecule has 8 heteroatoms. The molecule has 0 saturated heterocycles. The average molecular weight is 516 g/mol. The fraction of sp³-hybridized carbons (Fsp3) is 0.379. The fourth-order valence-electron chi connectivity index (χ4n) is 5.68. The highest BCUT2D eigenvalue weighted by molar-refractivity contribution is 6.33. The summed E-state index contributed by atoms with van der Waals surface area (Å²) in [5.74, 6) is 0.412. The summed E-state index contributed by atoms with van der Waals surface area (Å²) in [6, 6.07) is 14.3. The van der Waals surface area contributed by atoms with Crippen LogP contribution in [0, 0.1) is 0 Å². The lowest BCUT2D eigenvalue weighted by atomic mass is 9.96. The van der Waals surface area contributed by atoms with E-state index in [1.54, 1.807) is 11.1 Å². The molecule has 2 amide bonds. The molecule has 1 N–H and O–H groups in total. The van der Waals surface area contributed by atoms with Crippen LogP contribution in [0.15, 0.2) is 48.7 Å². The first-order valence-corrected chi connectivity index (χ1v) is 13.5. The van der Waals surface area contributed by atoms with Crippen LogP contribution in [0.1, 0.15) is 59.2 Å². The third-order valence-electron chi connectivity index (χ3n) is 7.75. The zero-order valence-corrected chi connectivity index (χ0v) is 21.5. The molecule has 3 heterocycles. The normalized spacial score (nSPS) is 17.5. The van der Waals surface area contributed by atoms with Crippen LogP contribution in [0.5, 0.6) is 0 Å². The van der Waals surface area contributed by atoms with Gasteiger partial charge in [-0.05, 0) is 42.0 Å². The number of rotatable bonds is 5. The SMILES string of the molecule is O=C(CN1Cc2ccc(-c3nc(NC4CCCCC4)ncc3Cl)cc2C1=O)N1CCc2ccccc2C1. The Morgan fingerprint density at radius 3 is 2.68 bits per heavy atom. The van der Waals surface area contributed by atoms with Crippen LogP contribution in [0.2, 0.25) is 5.02 Å². The van der Waals surface area contributed by atoms with Crippen molar-refractivity contribution in [3.05, 3.63) is 75.9 Å². The van der Waals surface area contributed by atoms with Gasteiger partial charge >= 0.3 is 0 Å². The van der Waals surface area contributed by atoms with Gasteiger partial charge in [0, 0.05) is 36.8 Å². The number of hydrogen-bond acceptors (Lipinski definition) is 5. The molecule has 0 unspecified atom stereocenters. The number of nitrogens with one attached hydrogen (secondary N) is 1. The van der Waals surface area contributed by atoms with Gasteiger partial charge in [-0.3, -0.25) is 9.59 Å². The second-order valence-corrected chi connectivity index (χ2v) is 10.6. The van der Waals surface area contributed by atoms with Crippen LogP contribution in [-0.2, 0) is 24.3 Å². The van der Waals surface area contributed by atoms with E-state index >= 15 is 0 Å². The maximum absolute atomic E-state index is 13.3. The van der Waals surface area contributed by atoms with Crippen molar-refractivity contribution in [3.8, 4) is 11.3 Å². The molecule has 37 heavy (non-hydrogen) atoms. The number of halogens is 1. The Morgan fingerprint density at radius 1 is 1.03 bits per heavy atom. The predicted molar refractivity (Wildman–Crippen MR) is 143 cm³/mol. The lowest BCUT2D eigenvalue weighted by Crippen LogP contribution is -2.42. The summed E-state index contributed by atoms with van der Waals surface area (Å²) >= 11 is 6.48. The fourth-order valence-corrected chi connectivity index (χ4v) is 5.88. The molecule has 0 atom stereocenters. The molecule has 3 aliphatic rings. The molecule has 0 spiro atoms. The minimum absolute atomic E-state index is 0.0202. The van der Waals surface area contributed by atoms with Gasteiger partial charge in [-0.25, -0.2) is 9.97 Å². The Morgan fingerprint density at radius 2 is 1.84 bits per heavy atom.